The van der Waals surface area contributed by atoms with Crippen LogP contribution in [0.15, 0.2) is 89.2 Å². The second kappa shape index (κ2) is 5.66. The standard InChI is InChI=1S/C18H13N3S/c1-2-8-14(9-3-1)17-20-18(15-10-5-7-13-21(15)17)22-16-11-4-6-12-19-16/h1-13H. The Labute approximate surface area is 132 Å². The van der Waals surface area contributed by atoms with Gasteiger partial charge in [0.2, 0.25) is 0 Å². The molecule has 0 aliphatic carbocycles. The van der Waals surface area contributed by atoms with Crippen molar-refractivity contribution in [1.82, 2.24) is 14.4 Å². The van der Waals surface area contributed by atoms with Gasteiger partial charge in [0.25, 0.3) is 0 Å². The highest BCUT2D eigenvalue weighted by Gasteiger charge is 2.13. The number of imidazole rings is 1. The quantitative estimate of drug-likeness (QED) is 0.556. The second-order valence-corrected chi connectivity index (χ2v) is 5.84. The van der Waals surface area contributed by atoms with Gasteiger partial charge in [0.15, 0.2) is 0 Å². The Kier molecular flexibility index (Phi) is 3.37. The number of nitrogens with zero attached hydrogens (tertiary/aromatic N) is 3. The summed E-state index contributed by atoms with van der Waals surface area (Å²) in [5.74, 6) is 0.953. The van der Waals surface area contributed by atoms with Gasteiger partial charge in [-0.25, -0.2) is 9.97 Å². The van der Waals surface area contributed by atoms with E-state index >= 15 is 0 Å². The molecular weight excluding hydrogens is 290 g/mol. The number of hydrogen-bond acceptors (Lipinski definition) is 3. The first kappa shape index (κ1) is 13.1. The van der Waals surface area contributed by atoms with E-state index in [2.05, 4.69) is 27.6 Å². The molecule has 0 radical (unpaired) electrons. The Hall–Kier alpha value is -2.59. The lowest BCUT2D eigenvalue weighted by Gasteiger charge is -2.00. The van der Waals surface area contributed by atoms with Crippen molar-refractivity contribution in [1.29, 1.82) is 0 Å². The first-order valence-electron chi connectivity index (χ1n) is 7.03. The Bertz CT molecular complexity index is 901. The normalized spacial score (nSPS) is 10.9. The maximum absolute atomic E-state index is 4.84. The molecule has 3 nitrogen and oxygen atoms in total. The summed E-state index contributed by atoms with van der Waals surface area (Å²) in [6, 6.07) is 22.3. The minimum absolute atomic E-state index is 0.950. The number of aromatic nitrogens is 3. The Balaban J connectivity index is 1.86. The number of hydrogen-bond donors (Lipinski definition) is 0. The molecule has 0 N–H and O–H groups in total. The minimum Gasteiger partial charge on any atom is -0.299 e. The zero-order chi connectivity index (χ0) is 14.8. The van der Waals surface area contributed by atoms with Crippen LogP contribution < -0.4 is 0 Å². The van der Waals surface area contributed by atoms with Crippen LogP contribution in [0.5, 0.6) is 0 Å². The molecule has 3 aromatic heterocycles. The van der Waals surface area contributed by atoms with Crippen molar-refractivity contribution in [2.75, 3.05) is 0 Å². The van der Waals surface area contributed by atoms with Crippen LogP contribution in [0.1, 0.15) is 0 Å². The predicted molar refractivity (Wildman–Crippen MR) is 89.0 cm³/mol. The molecule has 22 heavy (non-hydrogen) atoms. The molecule has 0 unspecified atom stereocenters. The second-order valence-electron chi connectivity index (χ2n) is 4.83. The van der Waals surface area contributed by atoms with Gasteiger partial charge in [-0.1, -0.05) is 42.5 Å². The summed E-state index contributed by atoms with van der Waals surface area (Å²) in [5.41, 5.74) is 2.20. The molecule has 4 heteroatoms. The van der Waals surface area contributed by atoms with Crippen LogP contribution in [0.4, 0.5) is 0 Å². The number of pyridine rings is 2. The van der Waals surface area contributed by atoms with Gasteiger partial charge in [-0.3, -0.25) is 4.40 Å². The lowest BCUT2D eigenvalue weighted by molar-refractivity contribution is 1.12. The molecular formula is C18H13N3S. The van der Waals surface area contributed by atoms with Crippen LogP contribution in [0, 0.1) is 0 Å². The topological polar surface area (TPSA) is 30.2 Å². The minimum atomic E-state index is 0.950. The third-order valence-corrected chi connectivity index (χ3v) is 4.33. The largest absolute Gasteiger partial charge is 0.299 e. The summed E-state index contributed by atoms with van der Waals surface area (Å²) >= 11 is 1.59. The molecule has 0 aliphatic heterocycles. The average molecular weight is 303 g/mol. The fourth-order valence-electron chi connectivity index (χ4n) is 2.38. The van der Waals surface area contributed by atoms with E-state index in [1.807, 2.05) is 54.7 Å². The number of fused-ring (bicyclic) bond motifs is 1. The van der Waals surface area contributed by atoms with E-state index in [-0.39, 0.29) is 0 Å². The molecule has 0 aliphatic rings. The summed E-state index contributed by atoms with van der Waals surface area (Å²) < 4.78 is 2.13. The van der Waals surface area contributed by atoms with Gasteiger partial charge in [-0.05, 0) is 36.0 Å². The zero-order valence-corrected chi connectivity index (χ0v) is 12.6. The van der Waals surface area contributed by atoms with Gasteiger partial charge in [0.05, 0.1) is 5.52 Å². The maximum Gasteiger partial charge on any atom is 0.145 e. The molecule has 0 fully saturated rings. The number of benzene rings is 1. The van der Waals surface area contributed by atoms with Crippen molar-refractivity contribution in [2.45, 2.75) is 10.1 Å². The van der Waals surface area contributed by atoms with Crippen molar-refractivity contribution < 1.29 is 0 Å². The van der Waals surface area contributed by atoms with E-state index < -0.39 is 0 Å². The van der Waals surface area contributed by atoms with Crippen molar-refractivity contribution >= 4 is 17.3 Å². The third kappa shape index (κ3) is 2.38. The smallest absolute Gasteiger partial charge is 0.145 e. The van der Waals surface area contributed by atoms with Crippen LogP contribution in [0.25, 0.3) is 16.9 Å². The molecule has 0 bridgehead atoms. The van der Waals surface area contributed by atoms with Gasteiger partial charge < -0.3 is 0 Å². The van der Waals surface area contributed by atoms with Gasteiger partial charge in [0, 0.05) is 18.0 Å². The Morgan fingerprint density at radius 1 is 0.818 bits per heavy atom. The van der Waals surface area contributed by atoms with Crippen molar-refractivity contribution in [3.63, 3.8) is 0 Å². The van der Waals surface area contributed by atoms with E-state index in [1.165, 1.54) is 0 Å². The lowest BCUT2D eigenvalue weighted by atomic mass is 10.2. The summed E-state index contributed by atoms with van der Waals surface area (Å²) in [4.78, 5) is 9.22. The first-order valence-corrected chi connectivity index (χ1v) is 7.85. The van der Waals surface area contributed by atoms with E-state index in [1.54, 1.807) is 18.0 Å². The van der Waals surface area contributed by atoms with Gasteiger partial charge in [0.1, 0.15) is 15.9 Å². The van der Waals surface area contributed by atoms with E-state index in [9.17, 15) is 0 Å². The summed E-state index contributed by atoms with van der Waals surface area (Å²) in [6.07, 6.45) is 3.85. The molecule has 0 saturated carbocycles. The molecule has 0 spiro atoms. The van der Waals surface area contributed by atoms with Crippen LogP contribution in [-0.4, -0.2) is 14.4 Å². The van der Waals surface area contributed by atoms with Crippen LogP contribution in [-0.2, 0) is 0 Å². The highest BCUT2D eigenvalue weighted by Crippen LogP contribution is 2.32. The van der Waals surface area contributed by atoms with Crippen molar-refractivity contribution in [2.24, 2.45) is 0 Å². The lowest BCUT2D eigenvalue weighted by Crippen LogP contribution is -1.87. The van der Waals surface area contributed by atoms with Gasteiger partial charge >= 0.3 is 0 Å². The monoisotopic (exact) mass is 303 g/mol. The molecule has 1 aromatic carbocycles. The maximum atomic E-state index is 4.84. The average Bonchev–Trinajstić information content (AvgIpc) is 2.96. The van der Waals surface area contributed by atoms with E-state index in [4.69, 9.17) is 4.98 Å². The van der Waals surface area contributed by atoms with Gasteiger partial charge in [-0.15, -0.1) is 0 Å². The SMILES string of the molecule is c1ccc(-c2nc(Sc3ccccn3)c3ccccn23)cc1. The molecule has 0 amide bonds. The van der Waals surface area contributed by atoms with E-state index in [0.29, 0.717) is 0 Å². The summed E-state index contributed by atoms with van der Waals surface area (Å²) in [5, 5.41) is 1.92. The zero-order valence-electron chi connectivity index (χ0n) is 11.8. The molecule has 106 valence electrons. The molecule has 0 saturated heterocycles. The highest BCUT2D eigenvalue weighted by atomic mass is 32.2. The third-order valence-electron chi connectivity index (χ3n) is 3.39. The predicted octanol–water partition coefficient (Wildman–Crippen LogP) is 4.55. The van der Waals surface area contributed by atoms with Crippen LogP contribution in [0.2, 0.25) is 0 Å². The van der Waals surface area contributed by atoms with Gasteiger partial charge in [-0.2, -0.15) is 0 Å². The summed E-state index contributed by atoms with van der Waals surface area (Å²) in [7, 11) is 0. The highest BCUT2D eigenvalue weighted by molar-refractivity contribution is 7.99. The Morgan fingerprint density at radius 2 is 1.64 bits per heavy atom. The fraction of sp³-hybridized carbons (Fsp3) is 0. The number of rotatable bonds is 3. The summed E-state index contributed by atoms with van der Waals surface area (Å²) in [6.45, 7) is 0. The van der Waals surface area contributed by atoms with E-state index in [0.717, 1.165) is 27.0 Å². The van der Waals surface area contributed by atoms with Crippen LogP contribution in [0.3, 0.4) is 0 Å². The fourth-order valence-corrected chi connectivity index (χ4v) is 3.24. The first-order chi connectivity index (χ1) is 10.9. The van der Waals surface area contributed by atoms with Crippen molar-refractivity contribution in [3.05, 3.63) is 79.1 Å². The molecule has 3 heterocycles. The molecule has 4 aromatic rings. The van der Waals surface area contributed by atoms with Crippen molar-refractivity contribution in [3.8, 4) is 11.4 Å². The molecule has 4 rings (SSSR count). The van der Waals surface area contributed by atoms with Crippen LogP contribution >= 0.6 is 11.8 Å². The Morgan fingerprint density at radius 3 is 2.45 bits per heavy atom. The molecule has 0 atom stereocenters.